The van der Waals surface area contributed by atoms with E-state index >= 15 is 0 Å². The molecule has 1 fully saturated rings. The van der Waals surface area contributed by atoms with Gasteiger partial charge in [-0.3, -0.25) is 24.0 Å². The van der Waals surface area contributed by atoms with Crippen LogP contribution in [0.4, 0.5) is 11.4 Å². The molecular weight excluding hydrogens is 608 g/mol. The van der Waals surface area contributed by atoms with Gasteiger partial charge >= 0.3 is 0 Å². The van der Waals surface area contributed by atoms with Gasteiger partial charge in [-0.2, -0.15) is 0 Å². The molecule has 0 saturated heterocycles. The zero-order valence-electron chi connectivity index (χ0n) is 26.8. The van der Waals surface area contributed by atoms with Crippen molar-refractivity contribution >= 4 is 33.2 Å². The molecule has 1 aliphatic rings. The number of benzene rings is 3. The Morgan fingerprint density at radius 2 is 1.67 bits per heavy atom. The maximum Gasteiger partial charge on any atom is 0.273 e. The van der Waals surface area contributed by atoms with E-state index in [0.29, 0.717) is 17.7 Å². The molecule has 12 heteroatoms. The van der Waals surface area contributed by atoms with E-state index in [2.05, 4.69) is 5.32 Å². The average Bonchev–Trinajstić information content (AvgIpc) is 3.04. The number of amides is 2. The first-order valence-corrected chi connectivity index (χ1v) is 17.0. The third-order valence-corrected chi connectivity index (χ3v) is 10.3. The second-order valence-electron chi connectivity index (χ2n) is 11.6. The Balaban J connectivity index is 1.76. The Morgan fingerprint density at radius 1 is 1.00 bits per heavy atom. The molecule has 0 unspecified atom stereocenters. The van der Waals surface area contributed by atoms with Crippen LogP contribution in [0.5, 0.6) is 5.75 Å². The second-order valence-corrected chi connectivity index (χ2v) is 13.5. The number of nitrogens with one attached hydrogen (secondary N) is 1. The van der Waals surface area contributed by atoms with E-state index < -0.39 is 33.4 Å². The lowest BCUT2D eigenvalue weighted by Crippen LogP contribution is -2.54. The number of nitrogens with zero attached hydrogens (tertiary/aromatic N) is 3. The number of carbonyl (C=O) groups is 2. The molecule has 3 aromatic carbocycles. The Morgan fingerprint density at radius 3 is 2.28 bits per heavy atom. The van der Waals surface area contributed by atoms with Gasteiger partial charge in [0.1, 0.15) is 18.3 Å². The summed E-state index contributed by atoms with van der Waals surface area (Å²) in [5, 5.41) is 14.8. The molecule has 4 rings (SSSR count). The molecule has 11 nitrogen and oxygen atoms in total. The van der Waals surface area contributed by atoms with Gasteiger partial charge in [-0.15, -0.1) is 0 Å². The maximum atomic E-state index is 14.4. The molecule has 46 heavy (non-hydrogen) atoms. The minimum atomic E-state index is -4.49. The molecular formula is C34H42N4O7S. The molecule has 0 bridgehead atoms. The Kier molecular flexibility index (Phi) is 11.4. The van der Waals surface area contributed by atoms with Gasteiger partial charge in [0.05, 0.1) is 22.6 Å². The molecule has 0 spiro atoms. The number of hydrogen-bond donors (Lipinski definition) is 1. The maximum absolute atomic E-state index is 14.4. The van der Waals surface area contributed by atoms with Crippen LogP contribution in [0.1, 0.15) is 62.1 Å². The quantitative estimate of drug-likeness (QED) is 0.186. The standard InChI is InChI=1S/C34H42N4O7S/c1-5-31(34(40)35-27-13-7-6-8-14-27)36(22-26-12-10-9-11-24(26)2)33(39)23-37(28-16-18-29(45-4)19-17-28)46(43,44)30-20-15-25(3)32(21-30)38(41)42/h9-12,15-21,27,31H,5-8,13-14,22-23H2,1-4H3,(H,35,40)/t31-/m0/s1. The van der Waals surface area contributed by atoms with Crippen LogP contribution in [0, 0.1) is 24.0 Å². The summed E-state index contributed by atoms with van der Waals surface area (Å²) in [5.74, 6) is -0.385. The van der Waals surface area contributed by atoms with E-state index in [0.717, 1.165) is 53.6 Å². The lowest BCUT2D eigenvalue weighted by Gasteiger charge is -2.34. The largest absolute Gasteiger partial charge is 0.497 e. The van der Waals surface area contributed by atoms with Gasteiger partial charge in [-0.25, -0.2) is 8.42 Å². The van der Waals surface area contributed by atoms with E-state index in [1.807, 2.05) is 38.1 Å². The second kappa shape index (κ2) is 15.2. The fourth-order valence-electron chi connectivity index (χ4n) is 5.79. The van der Waals surface area contributed by atoms with Crippen molar-refractivity contribution in [3.63, 3.8) is 0 Å². The van der Waals surface area contributed by atoms with E-state index in [-0.39, 0.29) is 34.8 Å². The first-order valence-electron chi connectivity index (χ1n) is 15.5. The summed E-state index contributed by atoms with van der Waals surface area (Å²) >= 11 is 0. The van der Waals surface area contributed by atoms with Crippen molar-refractivity contribution in [3.05, 3.63) is 93.5 Å². The highest BCUT2D eigenvalue weighted by atomic mass is 32.2. The molecule has 1 aliphatic carbocycles. The van der Waals surface area contributed by atoms with Crippen molar-refractivity contribution in [2.75, 3.05) is 18.0 Å². The number of rotatable bonds is 13. The highest BCUT2D eigenvalue weighted by Gasteiger charge is 2.35. The fraction of sp³-hybridized carbons (Fsp3) is 0.412. The Hall–Kier alpha value is -4.45. The van der Waals surface area contributed by atoms with Crippen LogP contribution in [0.25, 0.3) is 0 Å². The van der Waals surface area contributed by atoms with Crippen molar-refractivity contribution in [3.8, 4) is 5.75 Å². The molecule has 2 amide bonds. The van der Waals surface area contributed by atoms with Crippen LogP contribution >= 0.6 is 0 Å². The van der Waals surface area contributed by atoms with Gasteiger partial charge in [0.2, 0.25) is 11.8 Å². The van der Waals surface area contributed by atoms with Crippen LogP contribution < -0.4 is 14.4 Å². The first kappa shape index (κ1) is 34.4. The number of anilines is 1. The van der Waals surface area contributed by atoms with Crippen LogP contribution in [0.15, 0.2) is 71.6 Å². The highest BCUT2D eigenvalue weighted by Crippen LogP contribution is 2.30. The lowest BCUT2D eigenvalue weighted by atomic mass is 9.95. The van der Waals surface area contributed by atoms with Gasteiger partial charge in [-0.1, -0.05) is 56.5 Å². The summed E-state index contributed by atoms with van der Waals surface area (Å²) in [5.41, 5.74) is 1.86. The number of nitro benzene ring substituents is 1. The Bertz CT molecular complexity index is 1650. The van der Waals surface area contributed by atoms with Gasteiger partial charge in [-0.05, 0) is 74.6 Å². The smallest absolute Gasteiger partial charge is 0.273 e. The number of nitro groups is 1. The molecule has 0 aliphatic heterocycles. The van der Waals surface area contributed by atoms with Crippen LogP contribution in [-0.2, 0) is 26.2 Å². The zero-order chi connectivity index (χ0) is 33.4. The third-order valence-electron chi connectivity index (χ3n) is 8.54. The Labute approximate surface area is 270 Å². The normalized spacial score (nSPS) is 14.3. The summed E-state index contributed by atoms with van der Waals surface area (Å²) in [6.45, 7) is 4.71. The average molecular weight is 651 g/mol. The molecule has 0 heterocycles. The first-order chi connectivity index (χ1) is 22.0. The van der Waals surface area contributed by atoms with Crippen molar-refractivity contribution in [2.24, 2.45) is 0 Å². The summed E-state index contributed by atoms with van der Waals surface area (Å²) in [6.07, 6.45) is 5.25. The van der Waals surface area contributed by atoms with E-state index in [1.165, 1.54) is 43.2 Å². The minimum Gasteiger partial charge on any atom is -0.497 e. The SMILES string of the molecule is CC[C@@H](C(=O)NC1CCCCC1)N(Cc1ccccc1C)C(=O)CN(c1ccc(OC)cc1)S(=O)(=O)c1ccc(C)c([N+](=O)[O-])c1. The van der Waals surface area contributed by atoms with Crippen molar-refractivity contribution in [1.29, 1.82) is 0 Å². The minimum absolute atomic E-state index is 0.0271. The van der Waals surface area contributed by atoms with Crippen molar-refractivity contribution < 1.29 is 27.7 Å². The van der Waals surface area contributed by atoms with Crippen molar-refractivity contribution in [2.45, 2.75) is 82.8 Å². The van der Waals surface area contributed by atoms with Crippen LogP contribution in [0.2, 0.25) is 0 Å². The number of hydrogen-bond acceptors (Lipinski definition) is 7. The van der Waals surface area contributed by atoms with Crippen LogP contribution in [-0.4, -0.2) is 55.8 Å². The summed E-state index contributed by atoms with van der Waals surface area (Å²) < 4.78 is 34.6. The predicted molar refractivity (Wildman–Crippen MR) is 176 cm³/mol. The number of methoxy groups -OCH3 is 1. The van der Waals surface area contributed by atoms with Gasteiger partial charge in [0, 0.05) is 24.2 Å². The summed E-state index contributed by atoms with van der Waals surface area (Å²) in [6, 6.07) is 16.5. The number of ether oxygens (including phenoxy) is 1. The molecule has 0 aromatic heterocycles. The lowest BCUT2D eigenvalue weighted by molar-refractivity contribution is -0.385. The van der Waals surface area contributed by atoms with Crippen LogP contribution in [0.3, 0.4) is 0 Å². The van der Waals surface area contributed by atoms with Gasteiger partial charge < -0.3 is 15.0 Å². The molecule has 0 radical (unpaired) electrons. The highest BCUT2D eigenvalue weighted by molar-refractivity contribution is 7.92. The molecule has 246 valence electrons. The molecule has 3 aromatic rings. The third kappa shape index (κ3) is 8.03. The van der Waals surface area contributed by atoms with Crippen molar-refractivity contribution in [1.82, 2.24) is 10.2 Å². The molecule has 1 atom stereocenters. The van der Waals surface area contributed by atoms with E-state index in [1.54, 1.807) is 12.1 Å². The number of aryl methyl sites for hydroxylation is 2. The number of sulfonamides is 1. The van der Waals surface area contributed by atoms with E-state index in [4.69, 9.17) is 4.74 Å². The predicted octanol–water partition coefficient (Wildman–Crippen LogP) is 5.67. The topological polar surface area (TPSA) is 139 Å². The molecule has 1 N–H and O–H groups in total. The number of carbonyl (C=O) groups excluding carboxylic acids is 2. The summed E-state index contributed by atoms with van der Waals surface area (Å²) in [7, 11) is -3.01. The monoisotopic (exact) mass is 650 g/mol. The molecule has 1 saturated carbocycles. The summed E-state index contributed by atoms with van der Waals surface area (Å²) in [4.78, 5) is 40.3. The van der Waals surface area contributed by atoms with E-state index in [9.17, 15) is 28.1 Å². The fourth-order valence-corrected chi connectivity index (χ4v) is 7.22. The zero-order valence-corrected chi connectivity index (χ0v) is 27.6. The van der Waals surface area contributed by atoms with Gasteiger partial charge in [0.25, 0.3) is 15.7 Å². The van der Waals surface area contributed by atoms with Gasteiger partial charge in [0.15, 0.2) is 0 Å².